The zero-order valence-electron chi connectivity index (χ0n) is 18.6. The molecule has 31 heavy (non-hydrogen) atoms. The lowest BCUT2D eigenvalue weighted by Gasteiger charge is -2.15. The molecule has 1 N–H and O–H groups in total. The third-order valence-electron chi connectivity index (χ3n) is 5.24. The second kappa shape index (κ2) is 8.71. The van der Waals surface area contributed by atoms with Crippen molar-refractivity contribution in [1.29, 1.82) is 0 Å². The monoisotopic (exact) mass is 420 g/mol. The van der Waals surface area contributed by atoms with Gasteiger partial charge in [-0.2, -0.15) is 10.2 Å². The summed E-state index contributed by atoms with van der Waals surface area (Å²) in [6, 6.07) is 6.15. The van der Waals surface area contributed by atoms with Crippen LogP contribution in [-0.2, 0) is 13.6 Å². The molecule has 4 rings (SSSR count). The molecule has 0 fully saturated rings. The summed E-state index contributed by atoms with van der Waals surface area (Å²) in [6.07, 6.45) is 4.39. The number of fused-ring (bicyclic) bond motifs is 1. The number of rotatable bonds is 8. The number of nitrogens with one attached hydrogen (secondary N) is 1. The van der Waals surface area contributed by atoms with Crippen LogP contribution < -0.4 is 10.1 Å². The average molecular weight is 421 g/mol. The number of ether oxygens (including phenoxy) is 1. The summed E-state index contributed by atoms with van der Waals surface area (Å²) in [5.74, 6) is 1.29. The zero-order chi connectivity index (χ0) is 22.0. The van der Waals surface area contributed by atoms with Crippen molar-refractivity contribution in [3.8, 4) is 17.1 Å². The van der Waals surface area contributed by atoms with Gasteiger partial charge in [0.2, 0.25) is 5.88 Å². The van der Waals surface area contributed by atoms with E-state index in [1.807, 2.05) is 39.1 Å². The van der Waals surface area contributed by atoms with E-state index in [-0.39, 0.29) is 6.04 Å². The Morgan fingerprint density at radius 3 is 2.74 bits per heavy atom. The Morgan fingerprint density at radius 1 is 1.19 bits per heavy atom. The van der Waals surface area contributed by atoms with Crippen LogP contribution in [0.2, 0.25) is 0 Å². The molecule has 0 saturated heterocycles. The Hall–Kier alpha value is -3.49. The lowest BCUT2D eigenvalue weighted by atomic mass is 10.1. The first-order valence-corrected chi connectivity index (χ1v) is 10.6. The van der Waals surface area contributed by atoms with E-state index in [1.54, 1.807) is 17.2 Å². The molecule has 0 amide bonds. The molecule has 4 heterocycles. The number of hydrogen-bond donors (Lipinski definition) is 1. The first kappa shape index (κ1) is 20.8. The average Bonchev–Trinajstić information content (AvgIpc) is 3.35. The maximum atomic E-state index is 5.75. The van der Waals surface area contributed by atoms with E-state index >= 15 is 0 Å². The van der Waals surface area contributed by atoms with Gasteiger partial charge in [0.05, 0.1) is 35.8 Å². The molecule has 4 aromatic rings. The second-order valence-corrected chi connectivity index (χ2v) is 7.52. The van der Waals surface area contributed by atoms with Crippen LogP contribution in [-0.4, -0.2) is 41.1 Å². The van der Waals surface area contributed by atoms with Crippen LogP contribution in [0.25, 0.3) is 22.3 Å². The van der Waals surface area contributed by atoms with Gasteiger partial charge < -0.3 is 10.1 Å². The first-order valence-electron chi connectivity index (χ1n) is 10.6. The van der Waals surface area contributed by atoms with E-state index in [4.69, 9.17) is 14.8 Å². The topological polar surface area (TPSA) is 95.6 Å². The van der Waals surface area contributed by atoms with Gasteiger partial charge in [0.25, 0.3) is 0 Å². The van der Waals surface area contributed by atoms with Gasteiger partial charge in [-0.25, -0.2) is 15.0 Å². The Kier molecular flexibility index (Phi) is 5.83. The molecular formula is C22H28N8O. The Bertz CT molecular complexity index is 1200. The molecule has 0 saturated carbocycles. The lowest BCUT2D eigenvalue weighted by molar-refractivity contribution is 0.328. The lowest BCUT2D eigenvalue weighted by Crippen LogP contribution is -2.09. The van der Waals surface area contributed by atoms with Gasteiger partial charge in [-0.3, -0.25) is 9.36 Å². The predicted octanol–water partition coefficient (Wildman–Crippen LogP) is 3.91. The fourth-order valence-electron chi connectivity index (χ4n) is 3.52. The standard InChI is InChI=1S/C22H28N8O/c1-6-14(3)30-21-18(24-12-19-25-13-29(5)28-19)11-17(26-20(21)15(4)27-30)16-9-8-10-23-22(16)31-7-2/h8-11,13-14H,6-7,12H2,1-5H3,(H,24,26)/t14-/m0/s1. The molecular weight excluding hydrogens is 392 g/mol. The number of pyridine rings is 2. The van der Waals surface area contributed by atoms with Crippen LogP contribution in [0, 0.1) is 6.92 Å². The van der Waals surface area contributed by atoms with Gasteiger partial charge in [0.15, 0.2) is 5.82 Å². The summed E-state index contributed by atoms with van der Waals surface area (Å²) in [4.78, 5) is 13.7. The number of aryl methyl sites for hydroxylation is 2. The molecule has 0 aliphatic carbocycles. The summed E-state index contributed by atoms with van der Waals surface area (Å²) in [6.45, 7) is 9.29. The largest absolute Gasteiger partial charge is 0.477 e. The van der Waals surface area contributed by atoms with Crippen molar-refractivity contribution < 1.29 is 4.74 Å². The predicted molar refractivity (Wildman–Crippen MR) is 120 cm³/mol. The van der Waals surface area contributed by atoms with Gasteiger partial charge in [-0.05, 0) is 45.4 Å². The van der Waals surface area contributed by atoms with Gasteiger partial charge in [-0.15, -0.1) is 0 Å². The maximum absolute atomic E-state index is 5.75. The number of nitrogens with zero attached hydrogens (tertiary/aromatic N) is 7. The first-order chi connectivity index (χ1) is 15.0. The number of aromatic nitrogens is 7. The van der Waals surface area contributed by atoms with Gasteiger partial charge in [0.1, 0.15) is 17.4 Å². The van der Waals surface area contributed by atoms with Gasteiger partial charge >= 0.3 is 0 Å². The SMILES string of the molecule is CCOc1ncccc1-c1cc(NCc2ncn(C)n2)c2c(n1)c(C)nn2[C@@H](C)CC. The third-order valence-corrected chi connectivity index (χ3v) is 5.24. The van der Waals surface area contributed by atoms with Crippen molar-refractivity contribution in [2.45, 2.75) is 46.7 Å². The molecule has 0 aliphatic heterocycles. The zero-order valence-corrected chi connectivity index (χ0v) is 18.6. The smallest absolute Gasteiger partial charge is 0.222 e. The highest BCUT2D eigenvalue weighted by Gasteiger charge is 2.20. The summed E-state index contributed by atoms with van der Waals surface area (Å²) >= 11 is 0. The molecule has 0 spiro atoms. The molecule has 162 valence electrons. The highest BCUT2D eigenvalue weighted by atomic mass is 16.5. The fourth-order valence-corrected chi connectivity index (χ4v) is 3.52. The molecule has 0 aromatic carbocycles. The van der Waals surface area contributed by atoms with Gasteiger partial charge in [-0.1, -0.05) is 6.92 Å². The van der Waals surface area contributed by atoms with E-state index in [1.165, 1.54) is 0 Å². The Balaban J connectivity index is 1.87. The summed E-state index contributed by atoms with van der Waals surface area (Å²) in [7, 11) is 1.86. The van der Waals surface area contributed by atoms with E-state index in [0.717, 1.165) is 45.9 Å². The van der Waals surface area contributed by atoms with Crippen LogP contribution in [0.4, 0.5) is 5.69 Å². The van der Waals surface area contributed by atoms with Crippen LogP contribution in [0.3, 0.4) is 0 Å². The van der Waals surface area contributed by atoms with Crippen LogP contribution >= 0.6 is 0 Å². The fraction of sp³-hybridized carbons (Fsp3) is 0.409. The highest BCUT2D eigenvalue weighted by Crippen LogP contribution is 2.35. The summed E-state index contributed by atoms with van der Waals surface area (Å²) in [5.41, 5.74) is 5.29. The van der Waals surface area contributed by atoms with Crippen molar-refractivity contribution >= 4 is 16.7 Å². The van der Waals surface area contributed by atoms with E-state index < -0.39 is 0 Å². The second-order valence-electron chi connectivity index (χ2n) is 7.52. The molecule has 9 nitrogen and oxygen atoms in total. The third kappa shape index (κ3) is 4.08. The molecule has 1 atom stereocenters. The summed E-state index contributed by atoms with van der Waals surface area (Å²) in [5, 5.41) is 12.7. The van der Waals surface area contributed by atoms with E-state index in [0.29, 0.717) is 19.0 Å². The Morgan fingerprint density at radius 2 is 2.03 bits per heavy atom. The minimum Gasteiger partial charge on any atom is -0.477 e. The van der Waals surface area contributed by atoms with E-state index in [9.17, 15) is 0 Å². The minimum atomic E-state index is 0.245. The molecule has 9 heteroatoms. The maximum Gasteiger partial charge on any atom is 0.222 e. The van der Waals surface area contributed by atoms with Crippen LogP contribution in [0.5, 0.6) is 5.88 Å². The molecule has 0 unspecified atom stereocenters. The highest BCUT2D eigenvalue weighted by molar-refractivity contribution is 5.93. The quantitative estimate of drug-likeness (QED) is 0.462. The van der Waals surface area contributed by atoms with Crippen LogP contribution in [0.1, 0.15) is 44.8 Å². The molecule has 0 aliphatic rings. The van der Waals surface area contributed by atoms with Crippen molar-refractivity contribution in [2.24, 2.45) is 7.05 Å². The molecule has 0 radical (unpaired) electrons. The summed E-state index contributed by atoms with van der Waals surface area (Å²) < 4.78 is 9.51. The van der Waals surface area contributed by atoms with E-state index in [2.05, 4.69) is 38.9 Å². The van der Waals surface area contributed by atoms with Gasteiger partial charge in [0, 0.05) is 19.3 Å². The molecule has 0 bridgehead atoms. The van der Waals surface area contributed by atoms with Crippen molar-refractivity contribution in [3.05, 3.63) is 42.2 Å². The van der Waals surface area contributed by atoms with Crippen molar-refractivity contribution in [3.63, 3.8) is 0 Å². The Labute approximate surface area is 181 Å². The van der Waals surface area contributed by atoms with Crippen molar-refractivity contribution in [1.82, 2.24) is 34.5 Å². The number of hydrogen-bond acceptors (Lipinski definition) is 7. The minimum absolute atomic E-state index is 0.245. The number of anilines is 1. The normalized spacial score (nSPS) is 12.3. The molecule has 4 aromatic heterocycles. The van der Waals surface area contributed by atoms with Crippen molar-refractivity contribution in [2.75, 3.05) is 11.9 Å². The van der Waals surface area contributed by atoms with Crippen LogP contribution in [0.15, 0.2) is 30.7 Å².